The highest BCUT2D eigenvalue weighted by atomic mass is 16.5. The van der Waals surface area contributed by atoms with Crippen LogP contribution in [0.25, 0.3) is 0 Å². The summed E-state index contributed by atoms with van der Waals surface area (Å²) in [6, 6.07) is 13.0. The predicted molar refractivity (Wildman–Crippen MR) is 119 cm³/mol. The molecule has 2 aromatic carbocycles. The smallest absolute Gasteiger partial charge is 0.219 e. The van der Waals surface area contributed by atoms with Gasteiger partial charge >= 0.3 is 0 Å². The number of benzene rings is 2. The van der Waals surface area contributed by atoms with Gasteiger partial charge in [0.25, 0.3) is 0 Å². The molecule has 0 aliphatic carbocycles. The second kappa shape index (κ2) is 9.58. The molecule has 8 heteroatoms. The van der Waals surface area contributed by atoms with Crippen LogP contribution in [0.4, 0.5) is 5.69 Å². The maximum absolute atomic E-state index is 12.3. The summed E-state index contributed by atoms with van der Waals surface area (Å²) in [7, 11) is 1.66. The van der Waals surface area contributed by atoms with E-state index in [0.717, 1.165) is 37.6 Å². The maximum atomic E-state index is 12.3. The zero-order valence-electron chi connectivity index (χ0n) is 18.3. The monoisotopic (exact) mass is 440 g/mol. The largest absolute Gasteiger partial charge is 0.497 e. The van der Waals surface area contributed by atoms with Crippen molar-refractivity contribution in [1.29, 1.82) is 0 Å². The summed E-state index contributed by atoms with van der Waals surface area (Å²) >= 11 is 0. The lowest BCUT2D eigenvalue weighted by atomic mass is 10.1. The van der Waals surface area contributed by atoms with Crippen LogP contribution in [0.15, 0.2) is 42.5 Å². The predicted octanol–water partition coefficient (Wildman–Crippen LogP) is 1.79. The van der Waals surface area contributed by atoms with Gasteiger partial charge in [0.1, 0.15) is 18.5 Å². The molecule has 0 saturated carbocycles. The van der Waals surface area contributed by atoms with Crippen molar-refractivity contribution < 1.29 is 28.9 Å². The number of ether oxygens (including phenoxy) is 3. The minimum Gasteiger partial charge on any atom is -0.497 e. The summed E-state index contributed by atoms with van der Waals surface area (Å²) in [5.74, 6) is 0.784. The fourth-order valence-corrected chi connectivity index (χ4v) is 4.04. The van der Waals surface area contributed by atoms with E-state index < -0.39 is 12.2 Å². The molecule has 170 valence electrons. The molecule has 2 aliphatic rings. The van der Waals surface area contributed by atoms with Gasteiger partial charge in [-0.1, -0.05) is 6.07 Å². The Hall–Kier alpha value is -3.10. The molecule has 2 unspecified atom stereocenters. The van der Waals surface area contributed by atoms with Crippen LogP contribution in [-0.2, 0) is 4.79 Å². The Balaban J connectivity index is 1.26. The van der Waals surface area contributed by atoms with E-state index in [9.17, 15) is 14.7 Å². The number of methoxy groups -OCH3 is 1. The number of aliphatic hydroxyl groups excluding tert-OH is 1. The Morgan fingerprint density at radius 1 is 1.16 bits per heavy atom. The van der Waals surface area contributed by atoms with Gasteiger partial charge in [-0.2, -0.15) is 0 Å². The van der Waals surface area contributed by atoms with Crippen LogP contribution in [-0.4, -0.2) is 80.2 Å². The quantitative estimate of drug-likeness (QED) is 0.622. The third-order valence-electron chi connectivity index (χ3n) is 5.80. The third kappa shape index (κ3) is 4.71. The molecule has 0 spiro atoms. The normalized spacial score (nSPS) is 19.3. The van der Waals surface area contributed by atoms with Crippen molar-refractivity contribution in [3.63, 3.8) is 0 Å². The molecule has 0 radical (unpaired) electrons. The summed E-state index contributed by atoms with van der Waals surface area (Å²) < 4.78 is 16.5. The molecule has 2 aliphatic heterocycles. The Morgan fingerprint density at radius 3 is 2.53 bits per heavy atom. The molecular formula is C24H28N2O6. The van der Waals surface area contributed by atoms with E-state index in [-0.39, 0.29) is 23.9 Å². The van der Waals surface area contributed by atoms with Gasteiger partial charge in [-0.15, -0.1) is 0 Å². The van der Waals surface area contributed by atoms with Gasteiger partial charge < -0.3 is 24.2 Å². The molecule has 2 atom stereocenters. The van der Waals surface area contributed by atoms with E-state index >= 15 is 0 Å². The van der Waals surface area contributed by atoms with Gasteiger partial charge in [0.05, 0.1) is 12.7 Å². The van der Waals surface area contributed by atoms with Crippen LogP contribution < -0.4 is 19.1 Å². The van der Waals surface area contributed by atoms with Gasteiger partial charge in [0, 0.05) is 38.4 Å². The van der Waals surface area contributed by atoms with Crippen LogP contribution in [0, 0.1) is 0 Å². The van der Waals surface area contributed by atoms with E-state index in [1.807, 2.05) is 12.1 Å². The van der Waals surface area contributed by atoms with Gasteiger partial charge in [-0.25, -0.2) is 0 Å². The van der Waals surface area contributed by atoms with E-state index in [1.54, 1.807) is 25.3 Å². The number of piperazine rings is 1. The van der Waals surface area contributed by atoms with Crippen molar-refractivity contribution in [2.24, 2.45) is 0 Å². The number of fused-ring (bicyclic) bond motifs is 1. The summed E-state index contributed by atoms with van der Waals surface area (Å²) in [4.78, 5) is 28.4. The number of hydrogen-bond acceptors (Lipinski definition) is 8. The highest BCUT2D eigenvalue weighted by molar-refractivity contribution is 6.16. The standard InChI is InChI=1S/C24H28N2O6/c1-16(27)23-22(29)20-4-3-5-21(24(20)32-23)31-15-18(28)14-25-10-12-26(13-11-25)17-6-8-19(30-2)9-7-17/h3-9,18,23,28H,10-15H2,1-2H3. The Labute approximate surface area is 187 Å². The second-order valence-electron chi connectivity index (χ2n) is 8.06. The Morgan fingerprint density at radius 2 is 1.88 bits per heavy atom. The van der Waals surface area contributed by atoms with Gasteiger partial charge in [-0.3, -0.25) is 14.5 Å². The highest BCUT2D eigenvalue weighted by Crippen LogP contribution is 2.38. The third-order valence-corrected chi connectivity index (χ3v) is 5.80. The lowest BCUT2D eigenvalue weighted by molar-refractivity contribution is -0.121. The molecule has 1 fully saturated rings. The van der Waals surface area contributed by atoms with Crippen LogP contribution in [0.2, 0.25) is 0 Å². The topological polar surface area (TPSA) is 88.5 Å². The number of nitrogens with zero attached hydrogens (tertiary/aromatic N) is 2. The average Bonchev–Trinajstić information content (AvgIpc) is 3.16. The number of aliphatic hydroxyl groups is 1. The number of ketones is 2. The molecule has 0 amide bonds. The Kier molecular flexibility index (Phi) is 6.62. The molecular weight excluding hydrogens is 412 g/mol. The van der Waals surface area contributed by atoms with E-state index in [2.05, 4.69) is 21.9 Å². The number of carbonyl (C=O) groups excluding carboxylic acids is 2. The molecule has 4 rings (SSSR count). The summed E-state index contributed by atoms with van der Waals surface area (Å²) in [6.45, 7) is 5.29. The number of carbonyl (C=O) groups is 2. The first-order valence-corrected chi connectivity index (χ1v) is 10.7. The Bertz CT molecular complexity index is 969. The minimum atomic E-state index is -1.11. The second-order valence-corrected chi connectivity index (χ2v) is 8.06. The van der Waals surface area contributed by atoms with Crippen molar-refractivity contribution in [1.82, 2.24) is 4.90 Å². The van der Waals surface area contributed by atoms with Crippen molar-refractivity contribution >= 4 is 17.3 Å². The molecule has 0 bridgehead atoms. The number of hydrogen-bond donors (Lipinski definition) is 1. The molecule has 2 heterocycles. The van der Waals surface area contributed by atoms with Gasteiger partial charge in [0.15, 0.2) is 17.3 Å². The first kappa shape index (κ1) is 22.1. The number of Topliss-reactive ketones (excluding diaryl/α,β-unsaturated/α-hetero) is 2. The summed E-state index contributed by atoms with van der Waals surface area (Å²) in [5.41, 5.74) is 1.50. The SMILES string of the molecule is COc1ccc(N2CCN(CC(O)COc3cccc4c3OC(C(C)=O)C4=O)CC2)cc1. The molecule has 8 nitrogen and oxygen atoms in total. The maximum Gasteiger partial charge on any atom is 0.219 e. The minimum absolute atomic E-state index is 0.0669. The fraction of sp³-hybridized carbons (Fsp3) is 0.417. The van der Waals surface area contributed by atoms with Gasteiger partial charge in [-0.05, 0) is 43.3 Å². The van der Waals surface area contributed by atoms with Crippen molar-refractivity contribution in [3.05, 3.63) is 48.0 Å². The average molecular weight is 440 g/mol. The number of para-hydroxylation sites is 1. The zero-order chi connectivity index (χ0) is 22.7. The van der Waals surface area contributed by atoms with Crippen molar-refractivity contribution in [3.8, 4) is 17.2 Å². The van der Waals surface area contributed by atoms with Crippen molar-refractivity contribution in [2.75, 3.05) is 51.3 Å². The first-order valence-electron chi connectivity index (χ1n) is 10.7. The summed E-state index contributed by atoms with van der Waals surface area (Å²) in [5, 5.41) is 10.5. The molecule has 2 aromatic rings. The molecule has 1 N–H and O–H groups in total. The van der Waals surface area contributed by atoms with E-state index in [0.29, 0.717) is 17.9 Å². The zero-order valence-corrected chi connectivity index (χ0v) is 18.3. The van der Waals surface area contributed by atoms with Crippen LogP contribution in [0.3, 0.4) is 0 Å². The van der Waals surface area contributed by atoms with E-state index in [4.69, 9.17) is 14.2 Å². The van der Waals surface area contributed by atoms with E-state index in [1.165, 1.54) is 6.92 Å². The number of rotatable bonds is 8. The lowest BCUT2D eigenvalue weighted by Crippen LogP contribution is -2.49. The lowest BCUT2D eigenvalue weighted by Gasteiger charge is -2.36. The number of β-amino-alcohol motifs (C(OH)–C–C–N with tert-alkyl or cyclic N) is 1. The van der Waals surface area contributed by atoms with Crippen molar-refractivity contribution in [2.45, 2.75) is 19.1 Å². The first-order chi connectivity index (χ1) is 15.5. The van der Waals surface area contributed by atoms with Crippen LogP contribution >= 0.6 is 0 Å². The van der Waals surface area contributed by atoms with Gasteiger partial charge in [0.2, 0.25) is 11.9 Å². The molecule has 1 saturated heterocycles. The number of anilines is 1. The molecule has 32 heavy (non-hydrogen) atoms. The molecule has 0 aromatic heterocycles. The fourth-order valence-electron chi connectivity index (χ4n) is 4.04. The highest BCUT2D eigenvalue weighted by Gasteiger charge is 2.37. The summed E-state index contributed by atoms with van der Waals surface area (Å²) in [6.07, 6.45) is -1.80. The van der Waals surface area contributed by atoms with Crippen LogP contribution in [0.5, 0.6) is 17.2 Å². The van der Waals surface area contributed by atoms with Crippen LogP contribution in [0.1, 0.15) is 17.3 Å².